The Morgan fingerprint density at radius 1 is 1.26 bits per heavy atom. The molecule has 102 valence electrons. The van der Waals surface area contributed by atoms with E-state index in [0.717, 1.165) is 10.2 Å². The van der Waals surface area contributed by atoms with Crippen molar-refractivity contribution in [2.24, 2.45) is 12.9 Å². The van der Waals surface area contributed by atoms with E-state index in [4.69, 9.17) is 5.84 Å². The van der Waals surface area contributed by atoms with Gasteiger partial charge in [0.05, 0.1) is 22.4 Å². The second kappa shape index (κ2) is 5.45. The van der Waals surface area contributed by atoms with Gasteiger partial charge in [-0.1, -0.05) is 17.7 Å². The maximum atomic E-state index is 5.80. The van der Waals surface area contributed by atoms with Crippen LogP contribution in [0.15, 0.2) is 22.8 Å². The summed E-state index contributed by atoms with van der Waals surface area (Å²) in [5.41, 5.74) is 8.87. The van der Waals surface area contributed by atoms with Gasteiger partial charge in [0.25, 0.3) is 0 Å². The lowest BCUT2D eigenvalue weighted by Gasteiger charge is -2.22. The summed E-state index contributed by atoms with van der Waals surface area (Å²) in [6.45, 7) is 6.34. The highest BCUT2D eigenvalue weighted by atomic mass is 79.9. The molecule has 1 aromatic heterocycles. The average Bonchev–Trinajstić information content (AvgIpc) is 2.64. The Hall–Kier alpha value is -1.17. The van der Waals surface area contributed by atoms with E-state index in [-0.39, 0.29) is 6.04 Å². The van der Waals surface area contributed by atoms with E-state index in [0.29, 0.717) is 0 Å². The predicted molar refractivity (Wildman–Crippen MR) is 80.7 cm³/mol. The van der Waals surface area contributed by atoms with Gasteiger partial charge in [0.1, 0.15) is 0 Å². The van der Waals surface area contributed by atoms with Crippen LogP contribution in [0.5, 0.6) is 0 Å². The summed E-state index contributed by atoms with van der Waals surface area (Å²) < 4.78 is 2.80. The van der Waals surface area contributed by atoms with Crippen molar-refractivity contribution in [1.29, 1.82) is 0 Å². The predicted octanol–water partition coefficient (Wildman–Crippen LogP) is 2.66. The van der Waals surface area contributed by atoms with Gasteiger partial charge in [-0.05, 0) is 53.4 Å². The summed E-state index contributed by atoms with van der Waals surface area (Å²) >= 11 is 3.54. The summed E-state index contributed by atoms with van der Waals surface area (Å²) in [6.07, 6.45) is 1.79. The third-order valence-corrected chi connectivity index (χ3v) is 4.02. The van der Waals surface area contributed by atoms with Crippen molar-refractivity contribution >= 4 is 15.9 Å². The Kier molecular flexibility index (Phi) is 4.08. The number of nitrogens with one attached hydrogen (secondary N) is 1. The molecule has 5 heteroatoms. The maximum absolute atomic E-state index is 5.80. The Bertz CT molecular complexity index is 561. The Morgan fingerprint density at radius 3 is 2.26 bits per heavy atom. The van der Waals surface area contributed by atoms with Crippen molar-refractivity contribution in [2.45, 2.75) is 26.8 Å². The number of nitrogens with zero attached hydrogens (tertiary/aromatic N) is 2. The highest BCUT2D eigenvalue weighted by molar-refractivity contribution is 9.10. The molecule has 0 fully saturated rings. The zero-order valence-corrected chi connectivity index (χ0v) is 13.2. The van der Waals surface area contributed by atoms with Crippen LogP contribution in [0.2, 0.25) is 0 Å². The van der Waals surface area contributed by atoms with E-state index in [1.165, 1.54) is 22.3 Å². The molecular weight excluding hydrogens is 304 g/mol. The van der Waals surface area contributed by atoms with Crippen molar-refractivity contribution in [1.82, 2.24) is 15.2 Å². The first-order valence-electron chi connectivity index (χ1n) is 6.17. The molecule has 1 heterocycles. The summed E-state index contributed by atoms with van der Waals surface area (Å²) in [4.78, 5) is 0. The van der Waals surface area contributed by atoms with Crippen LogP contribution in [-0.2, 0) is 7.05 Å². The molecular formula is C14H19BrN4. The molecule has 3 N–H and O–H groups in total. The number of aromatic nitrogens is 2. The molecule has 0 saturated carbocycles. The average molecular weight is 323 g/mol. The number of nitrogens with two attached hydrogens (primary N) is 1. The molecule has 19 heavy (non-hydrogen) atoms. The highest BCUT2D eigenvalue weighted by Crippen LogP contribution is 2.31. The molecule has 1 unspecified atom stereocenters. The summed E-state index contributed by atoms with van der Waals surface area (Å²) in [7, 11) is 1.92. The van der Waals surface area contributed by atoms with Crippen LogP contribution in [0.4, 0.5) is 0 Å². The van der Waals surface area contributed by atoms with Crippen molar-refractivity contribution in [3.05, 3.63) is 50.8 Å². The van der Waals surface area contributed by atoms with Gasteiger partial charge in [-0.15, -0.1) is 0 Å². The fourth-order valence-corrected chi connectivity index (χ4v) is 3.27. The summed E-state index contributed by atoms with van der Waals surface area (Å²) in [5, 5.41) is 4.26. The van der Waals surface area contributed by atoms with Gasteiger partial charge >= 0.3 is 0 Å². The fraction of sp³-hybridized carbons (Fsp3) is 0.357. The Balaban J connectivity index is 2.61. The molecule has 0 saturated heterocycles. The topological polar surface area (TPSA) is 55.9 Å². The van der Waals surface area contributed by atoms with Gasteiger partial charge in [0, 0.05) is 7.05 Å². The molecule has 2 rings (SSSR count). The third-order valence-electron chi connectivity index (χ3n) is 3.40. The van der Waals surface area contributed by atoms with E-state index < -0.39 is 0 Å². The zero-order valence-electron chi connectivity index (χ0n) is 11.7. The van der Waals surface area contributed by atoms with Crippen molar-refractivity contribution in [3.63, 3.8) is 0 Å². The monoisotopic (exact) mass is 322 g/mol. The molecule has 0 spiro atoms. The minimum absolute atomic E-state index is 0.0810. The Labute approximate surface area is 122 Å². The quantitative estimate of drug-likeness (QED) is 0.674. The van der Waals surface area contributed by atoms with Crippen LogP contribution in [-0.4, -0.2) is 9.78 Å². The number of aryl methyl sites for hydroxylation is 4. The molecule has 0 aliphatic carbocycles. The zero-order chi connectivity index (χ0) is 14.2. The van der Waals surface area contributed by atoms with Crippen LogP contribution in [0.3, 0.4) is 0 Å². The first-order valence-corrected chi connectivity index (χ1v) is 6.96. The van der Waals surface area contributed by atoms with Crippen LogP contribution in [0, 0.1) is 20.8 Å². The highest BCUT2D eigenvalue weighted by Gasteiger charge is 2.22. The van der Waals surface area contributed by atoms with E-state index in [9.17, 15) is 0 Å². The van der Waals surface area contributed by atoms with E-state index in [1.807, 2.05) is 11.7 Å². The normalized spacial score (nSPS) is 12.7. The van der Waals surface area contributed by atoms with Crippen molar-refractivity contribution < 1.29 is 0 Å². The largest absolute Gasteiger partial charge is 0.271 e. The number of halogens is 1. The molecule has 2 aromatic rings. The first kappa shape index (κ1) is 14.2. The van der Waals surface area contributed by atoms with E-state index >= 15 is 0 Å². The molecule has 0 bridgehead atoms. The number of rotatable bonds is 3. The first-order chi connectivity index (χ1) is 8.95. The molecule has 0 amide bonds. The van der Waals surface area contributed by atoms with Gasteiger partial charge in [-0.3, -0.25) is 10.5 Å². The summed E-state index contributed by atoms with van der Waals surface area (Å²) in [6, 6.07) is 4.27. The van der Waals surface area contributed by atoms with Gasteiger partial charge in [-0.25, -0.2) is 5.43 Å². The lowest BCUT2D eigenvalue weighted by molar-refractivity contribution is 0.568. The minimum atomic E-state index is -0.0810. The van der Waals surface area contributed by atoms with Gasteiger partial charge in [-0.2, -0.15) is 5.10 Å². The van der Waals surface area contributed by atoms with Crippen LogP contribution in [0.25, 0.3) is 0 Å². The number of hydrogen-bond acceptors (Lipinski definition) is 3. The fourth-order valence-electron chi connectivity index (χ4n) is 2.69. The molecule has 0 aliphatic heterocycles. The third kappa shape index (κ3) is 2.59. The summed E-state index contributed by atoms with van der Waals surface area (Å²) in [5.74, 6) is 5.80. The second-order valence-corrected chi connectivity index (χ2v) is 5.77. The van der Waals surface area contributed by atoms with Gasteiger partial charge < -0.3 is 0 Å². The minimum Gasteiger partial charge on any atom is -0.271 e. The molecule has 4 nitrogen and oxygen atoms in total. The lowest BCUT2D eigenvalue weighted by Crippen LogP contribution is -2.31. The van der Waals surface area contributed by atoms with Crippen LogP contribution in [0.1, 0.15) is 34.0 Å². The van der Waals surface area contributed by atoms with Gasteiger partial charge in [0.15, 0.2) is 0 Å². The van der Waals surface area contributed by atoms with Crippen LogP contribution < -0.4 is 11.3 Å². The smallest absolute Gasteiger partial charge is 0.0894 e. The second-order valence-electron chi connectivity index (χ2n) is 4.91. The number of hydrazine groups is 1. The van der Waals surface area contributed by atoms with E-state index in [1.54, 1.807) is 6.20 Å². The molecule has 0 aliphatic rings. The van der Waals surface area contributed by atoms with Crippen molar-refractivity contribution in [2.75, 3.05) is 0 Å². The molecule has 1 atom stereocenters. The number of hydrogen-bond donors (Lipinski definition) is 2. The molecule has 0 radical (unpaired) electrons. The van der Waals surface area contributed by atoms with E-state index in [2.05, 4.69) is 59.4 Å². The SMILES string of the molecule is Cc1cc(C)c(C(NN)c2c(Br)cnn2C)c(C)c1. The molecule has 1 aromatic carbocycles. The standard InChI is InChI=1S/C14H19BrN4/c1-8-5-9(2)12(10(3)6-8)13(18-16)14-11(15)7-17-19(14)4/h5-7,13,18H,16H2,1-4H3. The van der Waals surface area contributed by atoms with Crippen molar-refractivity contribution in [3.8, 4) is 0 Å². The van der Waals surface area contributed by atoms with Crippen LogP contribution >= 0.6 is 15.9 Å². The maximum Gasteiger partial charge on any atom is 0.0894 e. The Morgan fingerprint density at radius 2 is 1.84 bits per heavy atom. The number of benzene rings is 1. The lowest BCUT2D eigenvalue weighted by atomic mass is 9.92. The van der Waals surface area contributed by atoms with Gasteiger partial charge in [0.2, 0.25) is 0 Å².